The van der Waals surface area contributed by atoms with Gasteiger partial charge < -0.3 is 15.0 Å². The second kappa shape index (κ2) is 8.01. The summed E-state index contributed by atoms with van der Waals surface area (Å²) in [6.07, 6.45) is 2.35. The molecule has 3 atom stereocenters. The number of nitrogens with zero attached hydrogens (tertiary/aromatic N) is 3. The number of ether oxygens (including phenoxy) is 1. The van der Waals surface area contributed by atoms with Crippen molar-refractivity contribution < 1.29 is 14.5 Å². The third-order valence-corrected chi connectivity index (χ3v) is 4.91. The third-order valence-electron chi connectivity index (χ3n) is 4.91. The van der Waals surface area contributed by atoms with Crippen molar-refractivity contribution in [2.24, 2.45) is 0 Å². The fraction of sp³-hybridized carbons (Fsp3) is 0.611. The van der Waals surface area contributed by atoms with Crippen LogP contribution in [0.2, 0.25) is 0 Å². The molecule has 3 rings (SSSR count). The van der Waals surface area contributed by atoms with Gasteiger partial charge in [-0.15, -0.1) is 0 Å². The summed E-state index contributed by atoms with van der Waals surface area (Å²) < 4.78 is 5.78. The zero-order valence-corrected chi connectivity index (χ0v) is 15.3. The number of nitrogens with one attached hydrogen (secondary N) is 1. The smallest absolute Gasteiger partial charge is 0.322 e. The number of hydrogen-bond acceptors (Lipinski definition) is 5. The van der Waals surface area contributed by atoms with Crippen LogP contribution in [0.25, 0.3) is 0 Å². The van der Waals surface area contributed by atoms with E-state index in [4.69, 9.17) is 4.74 Å². The Morgan fingerprint density at radius 2 is 2.08 bits per heavy atom. The summed E-state index contributed by atoms with van der Waals surface area (Å²) >= 11 is 0. The fourth-order valence-corrected chi connectivity index (χ4v) is 3.92. The molecule has 0 spiro atoms. The number of carbonyl (C=O) groups excluding carboxylic acids is 1. The van der Waals surface area contributed by atoms with Gasteiger partial charge >= 0.3 is 6.03 Å². The average molecular weight is 362 g/mol. The van der Waals surface area contributed by atoms with Gasteiger partial charge in [-0.05, 0) is 32.8 Å². The molecule has 26 heavy (non-hydrogen) atoms. The molecule has 0 bridgehead atoms. The molecule has 2 fully saturated rings. The number of nitro benzene ring substituents is 1. The van der Waals surface area contributed by atoms with E-state index in [0.29, 0.717) is 12.2 Å². The van der Waals surface area contributed by atoms with Gasteiger partial charge in [-0.3, -0.25) is 15.0 Å². The van der Waals surface area contributed by atoms with Crippen LogP contribution in [-0.4, -0.2) is 65.2 Å². The van der Waals surface area contributed by atoms with E-state index in [2.05, 4.69) is 24.1 Å². The molecular formula is C18H26N4O4. The van der Waals surface area contributed by atoms with Crippen LogP contribution >= 0.6 is 0 Å². The molecule has 0 radical (unpaired) electrons. The molecule has 0 aliphatic carbocycles. The van der Waals surface area contributed by atoms with Crippen molar-refractivity contribution in [1.82, 2.24) is 9.80 Å². The number of benzene rings is 1. The minimum Gasteiger partial charge on any atom is -0.373 e. The van der Waals surface area contributed by atoms with Crippen LogP contribution in [0.15, 0.2) is 24.3 Å². The Hall–Kier alpha value is -2.19. The standard InChI is InChI=1S/C18H26N4O4/c1-13-10-20(11-14(2)26-13)12-17-7-4-8-21(17)18(23)19-15-5-3-6-16(9-15)22(24)25/h3,5-6,9,13-14,17H,4,7-8,10-12H2,1-2H3,(H,19,23)/t13-,14+,17-/m1/s1. The van der Waals surface area contributed by atoms with Crippen LogP contribution in [-0.2, 0) is 4.74 Å². The Balaban J connectivity index is 1.61. The highest BCUT2D eigenvalue weighted by atomic mass is 16.6. The van der Waals surface area contributed by atoms with E-state index in [9.17, 15) is 14.9 Å². The van der Waals surface area contributed by atoms with Crippen molar-refractivity contribution in [3.8, 4) is 0 Å². The maximum atomic E-state index is 12.7. The Labute approximate surface area is 153 Å². The number of nitro groups is 1. The van der Waals surface area contributed by atoms with E-state index in [1.54, 1.807) is 12.1 Å². The molecule has 2 aliphatic heterocycles. The van der Waals surface area contributed by atoms with Crippen molar-refractivity contribution in [2.45, 2.75) is 44.9 Å². The maximum absolute atomic E-state index is 12.7. The predicted molar refractivity (Wildman–Crippen MR) is 98.3 cm³/mol. The van der Waals surface area contributed by atoms with Crippen molar-refractivity contribution in [3.05, 3.63) is 34.4 Å². The van der Waals surface area contributed by atoms with E-state index in [-0.39, 0.29) is 30.0 Å². The minimum absolute atomic E-state index is 0.0305. The SMILES string of the molecule is C[C@@H]1CN(C[C@H]2CCCN2C(=O)Nc2cccc([N+](=O)[O-])c2)C[C@H](C)O1. The number of hydrogen-bond donors (Lipinski definition) is 1. The predicted octanol–water partition coefficient (Wildman–Crippen LogP) is 2.70. The van der Waals surface area contributed by atoms with Gasteiger partial charge in [0.2, 0.25) is 0 Å². The van der Waals surface area contributed by atoms with E-state index < -0.39 is 4.92 Å². The number of urea groups is 1. The lowest BCUT2D eigenvalue weighted by Crippen LogP contribution is -2.51. The molecule has 142 valence electrons. The maximum Gasteiger partial charge on any atom is 0.322 e. The number of likely N-dealkylation sites (tertiary alicyclic amines) is 1. The van der Waals surface area contributed by atoms with Gasteiger partial charge in [0.25, 0.3) is 5.69 Å². The zero-order valence-electron chi connectivity index (χ0n) is 15.3. The Bertz CT molecular complexity index is 658. The molecule has 0 aromatic heterocycles. The summed E-state index contributed by atoms with van der Waals surface area (Å²) in [4.78, 5) is 27.3. The summed E-state index contributed by atoms with van der Waals surface area (Å²) in [6, 6.07) is 6.00. The lowest BCUT2D eigenvalue weighted by atomic mass is 10.1. The molecule has 8 nitrogen and oxygen atoms in total. The number of non-ortho nitro benzene ring substituents is 1. The summed E-state index contributed by atoms with van der Waals surface area (Å²) in [5.74, 6) is 0. The van der Waals surface area contributed by atoms with E-state index in [1.165, 1.54) is 12.1 Å². The van der Waals surface area contributed by atoms with Gasteiger partial charge in [0.15, 0.2) is 0 Å². The average Bonchev–Trinajstić information content (AvgIpc) is 3.02. The van der Waals surface area contributed by atoms with Crippen LogP contribution < -0.4 is 5.32 Å². The Morgan fingerprint density at radius 1 is 1.35 bits per heavy atom. The van der Waals surface area contributed by atoms with Gasteiger partial charge in [0.05, 0.1) is 17.1 Å². The molecular weight excluding hydrogens is 336 g/mol. The first-order valence-electron chi connectivity index (χ1n) is 9.12. The first-order valence-corrected chi connectivity index (χ1v) is 9.12. The van der Waals surface area contributed by atoms with Crippen LogP contribution in [0.1, 0.15) is 26.7 Å². The molecule has 1 N–H and O–H groups in total. The summed E-state index contributed by atoms with van der Waals surface area (Å²) in [5.41, 5.74) is 0.417. The van der Waals surface area contributed by atoms with Crippen molar-refractivity contribution in [2.75, 3.05) is 31.5 Å². The molecule has 2 heterocycles. The number of carbonyl (C=O) groups is 1. The Morgan fingerprint density at radius 3 is 2.77 bits per heavy atom. The first-order chi connectivity index (χ1) is 12.4. The van der Waals surface area contributed by atoms with E-state index in [1.807, 2.05) is 4.90 Å². The number of anilines is 1. The quantitative estimate of drug-likeness (QED) is 0.657. The van der Waals surface area contributed by atoms with Crippen LogP contribution in [0, 0.1) is 10.1 Å². The molecule has 2 aliphatic rings. The summed E-state index contributed by atoms with van der Waals surface area (Å²) in [5, 5.41) is 13.7. The van der Waals surface area contributed by atoms with Gasteiger partial charge in [0.1, 0.15) is 0 Å². The number of amides is 2. The summed E-state index contributed by atoms with van der Waals surface area (Å²) in [7, 11) is 0. The highest BCUT2D eigenvalue weighted by Crippen LogP contribution is 2.23. The first kappa shape index (κ1) is 18.6. The molecule has 2 amide bonds. The van der Waals surface area contributed by atoms with Crippen LogP contribution in [0.5, 0.6) is 0 Å². The van der Waals surface area contributed by atoms with E-state index in [0.717, 1.165) is 32.5 Å². The van der Waals surface area contributed by atoms with E-state index >= 15 is 0 Å². The van der Waals surface area contributed by atoms with Gasteiger partial charge in [0, 0.05) is 50.0 Å². The van der Waals surface area contributed by atoms with Crippen molar-refractivity contribution >= 4 is 17.4 Å². The largest absolute Gasteiger partial charge is 0.373 e. The molecule has 1 aromatic rings. The topological polar surface area (TPSA) is 88.0 Å². The lowest BCUT2D eigenvalue weighted by molar-refractivity contribution is -0.384. The molecule has 1 aromatic carbocycles. The Kier molecular flexibility index (Phi) is 5.73. The molecule has 0 saturated carbocycles. The highest BCUT2D eigenvalue weighted by Gasteiger charge is 2.32. The molecule has 8 heteroatoms. The molecule has 0 unspecified atom stereocenters. The zero-order chi connectivity index (χ0) is 18.7. The van der Waals surface area contributed by atoms with Gasteiger partial charge in [-0.1, -0.05) is 6.07 Å². The fourth-order valence-electron chi connectivity index (χ4n) is 3.92. The second-order valence-corrected chi connectivity index (χ2v) is 7.20. The number of rotatable bonds is 4. The summed E-state index contributed by atoms with van der Waals surface area (Å²) in [6.45, 7) is 7.44. The normalized spacial score (nSPS) is 26.7. The monoisotopic (exact) mass is 362 g/mol. The third kappa shape index (κ3) is 4.50. The van der Waals surface area contributed by atoms with Gasteiger partial charge in [-0.2, -0.15) is 0 Å². The van der Waals surface area contributed by atoms with Gasteiger partial charge in [-0.25, -0.2) is 4.79 Å². The van der Waals surface area contributed by atoms with Crippen molar-refractivity contribution in [1.29, 1.82) is 0 Å². The second-order valence-electron chi connectivity index (χ2n) is 7.20. The lowest BCUT2D eigenvalue weighted by Gasteiger charge is -2.38. The minimum atomic E-state index is -0.463. The van der Waals surface area contributed by atoms with Crippen LogP contribution in [0.3, 0.4) is 0 Å². The van der Waals surface area contributed by atoms with Crippen LogP contribution in [0.4, 0.5) is 16.2 Å². The highest BCUT2D eigenvalue weighted by molar-refractivity contribution is 5.90. The number of morpholine rings is 1. The molecule has 2 saturated heterocycles. The van der Waals surface area contributed by atoms with Crippen molar-refractivity contribution in [3.63, 3.8) is 0 Å².